The normalized spacial score (nSPS) is 11.2. The molecule has 0 rings (SSSR count). The van der Waals surface area contributed by atoms with E-state index in [1.807, 2.05) is 0 Å². The molecule has 0 unspecified atom stereocenters. The molecule has 0 aromatic heterocycles. The van der Waals surface area contributed by atoms with Crippen molar-refractivity contribution in [3.8, 4) is 0 Å². The molecule has 0 heterocycles. The number of ether oxygens (including phenoxy) is 1. The lowest BCUT2D eigenvalue weighted by molar-refractivity contribution is -0.149. The van der Waals surface area contributed by atoms with Gasteiger partial charge in [-0.1, -0.05) is 0 Å². The number of carbonyl (C=O) groups is 3. The Morgan fingerprint density at radius 1 is 1.22 bits per heavy atom. The maximum Gasteiger partial charge on any atom is 0.410 e. The Hall–Kier alpha value is -1.59. The highest BCUT2D eigenvalue weighted by Gasteiger charge is 2.25. The van der Waals surface area contributed by atoms with Crippen molar-refractivity contribution in [2.45, 2.75) is 52.7 Å². The van der Waals surface area contributed by atoms with Crippen LogP contribution in [0.1, 0.15) is 41.0 Å². The van der Waals surface area contributed by atoms with E-state index in [-0.39, 0.29) is 19.0 Å². The molecule has 0 fully saturated rings. The Kier molecular flexibility index (Phi) is 5.81. The molecule has 0 saturated heterocycles. The van der Waals surface area contributed by atoms with Crippen LogP contribution in [0.3, 0.4) is 0 Å². The Labute approximate surface area is 107 Å². The van der Waals surface area contributed by atoms with E-state index in [0.717, 1.165) is 0 Å². The number of amides is 1. The topological polar surface area (TPSA) is 83.9 Å². The van der Waals surface area contributed by atoms with Gasteiger partial charge in [-0.3, -0.25) is 4.79 Å². The van der Waals surface area contributed by atoms with Crippen molar-refractivity contribution in [2.24, 2.45) is 0 Å². The van der Waals surface area contributed by atoms with Gasteiger partial charge in [-0.2, -0.15) is 0 Å². The lowest BCUT2D eigenvalue weighted by Gasteiger charge is -2.29. The first-order valence-electron chi connectivity index (χ1n) is 5.80. The molecule has 0 bridgehead atoms. The number of ketones is 1. The van der Waals surface area contributed by atoms with Crippen LogP contribution < -0.4 is 0 Å². The minimum Gasteiger partial charge on any atom is -0.476 e. The summed E-state index contributed by atoms with van der Waals surface area (Å²) in [5.41, 5.74) is -0.624. The van der Waals surface area contributed by atoms with Crippen molar-refractivity contribution < 1.29 is 24.2 Å². The van der Waals surface area contributed by atoms with Crippen LogP contribution >= 0.6 is 0 Å². The SMILES string of the molecule is CC(C)N(CCC(=O)C(=O)O)C(=O)OC(C)(C)C. The monoisotopic (exact) mass is 259 g/mol. The van der Waals surface area contributed by atoms with Crippen molar-refractivity contribution in [2.75, 3.05) is 6.54 Å². The van der Waals surface area contributed by atoms with E-state index in [0.29, 0.717) is 0 Å². The molecule has 0 atom stereocenters. The largest absolute Gasteiger partial charge is 0.476 e. The molecule has 18 heavy (non-hydrogen) atoms. The summed E-state index contributed by atoms with van der Waals surface area (Å²) >= 11 is 0. The van der Waals surface area contributed by atoms with E-state index in [1.54, 1.807) is 34.6 Å². The van der Waals surface area contributed by atoms with Crippen LogP contribution in [0.25, 0.3) is 0 Å². The van der Waals surface area contributed by atoms with Crippen LogP contribution in [0.5, 0.6) is 0 Å². The predicted molar refractivity (Wildman–Crippen MR) is 65.3 cm³/mol. The second-order valence-corrected chi connectivity index (χ2v) is 5.25. The number of rotatable bonds is 5. The Morgan fingerprint density at radius 3 is 2.06 bits per heavy atom. The lowest BCUT2D eigenvalue weighted by atomic mass is 10.2. The quantitative estimate of drug-likeness (QED) is 0.759. The summed E-state index contributed by atoms with van der Waals surface area (Å²) in [6, 6.07) is -0.165. The Balaban J connectivity index is 4.54. The first kappa shape index (κ1) is 16.4. The summed E-state index contributed by atoms with van der Waals surface area (Å²) in [6.45, 7) is 8.81. The average Bonchev–Trinajstić information content (AvgIpc) is 2.13. The number of hydrogen-bond acceptors (Lipinski definition) is 4. The van der Waals surface area contributed by atoms with Crippen molar-refractivity contribution in [1.29, 1.82) is 0 Å². The summed E-state index contributed by atoms with van der Waals surface area (Å²) in [7, 11) is 0. The number of carboxylic acid groups (broad SMARTS) is 1. The molecule has 0 spiro atoms. The molecular weight excluding hydrogens is 238 g/mol. The molecule has 0 aromatic carbocycles. The van der Waals surface area contributed by atoms with E-state index in [2.05, 4.69) is 0 Å². The Morgan fingerprint density at radius 2 is 1.72 bits per heavy atom. The highest BCUT2D eigenvalue weighted by atomic mass is 16.6. The predicted octanol–water partition coefficient (Wildman–Crippen LogP) is 1.68. The maximum atomic E-state index is 11.8. The van der Waals surface area contributed by atoms with Crippen molar-refractivity contribution in [1.82, 2.24) is 4.90 Å². The van der Waals surface area contributed by atoms with Crippen molar-refractivity contribution in [3.63, 3.8) is 0 Å². The third-order valence-corrected chi connectivity index (χ3v) is 2.07. The van der Waals surface area contributed by atoms with Gasteiger partial charge in [-0.15, -0.1) is 0 Å². The molecule has 6 nitrogen and oxygen atoms in total. The van der Waals surface area contributed by atoms with Crippen molar-refractivity contribution in [3.05, 3.63) is 0 Å². The molecule has 0 aliphatic carbocycles. The van der Waals surface area contributed by atoms with Gasteiger partial charge >= 0.3 is 12.1 Å². The number of Topliss-reactive ketones (excluding diaryl/α,β-unsaturated/α-hetero) is 1. The third-order valence-electron chi connectivity index (χ3n) is 2.07. The van der Waals surface area contributed by atoms with E-state index in [1.165, 1.54) is 4.90 Å². The van der Waals surface area contributed by atoms with Gasteiger partial charge in [0.2, 0.25) is 5.78 Å². The second-order valence-electron chi connectivity index (χ2n) is 5.25. The summed E-state index contributed by atoms with van der Waals surface area (Å²) in [4.78, 5) is 34.6. The van der Waals surface area contributed by atoms with Gasteiger partial charge in [0, 0.05) is 19.0 Å². The van der Waals surface area contributed by atoms with E-state index in [4.69, 9.17) is 9.84 Å². The summed E-state index contributed by atoms with van der Waals surface area (Å²) in [6.07, 6.45) is -0.761. The van der Waals surface area contributed by atoms with Crippen molar-refractivity contribution >= 4 is 17.8 Å². The molecule has 1 amide bonds. The summed E-state index contributed by atoms with van der Waals surface area (Å²) < 4.78 is 5.18. The van der Waals surface area contributed by atoms with Gasteiger partial charge in [0.25, 0.3) is 0 Å². The molecule has 0 radical (unpaired) electrons. The number of aliphatic carboxylic acids is 1. The highest BCUT2D eigenvalue weighted by Crippen LogP contribution is 2.12. The molecule has 1 N–H and O–H groups in total. The highest BCUT2D eigenvalue weighted by molar-refractivity contribution is 6.32. The van der Waals surface area contributed by atoms with Gasteiger partial charge in [-0.05, 0) is 34.6 Å². The zero-order valence-corrected chi connectivity index (χ0v) is 11.5. The van der Waals surface area contributed by atoms with Crippen LogP contribution in [-0.2, 0) is 14.3 Å². The average molecular weight is 259 g/mol. The number of carbonyl (C=O) groups excluding carboxylic acids is 2. The first-order valence-corrected chi connectivity index (χ1v) is 5.80. The molecule has 104 valence electrons. The minimum atomic E-state index is -1.48. The number of hydrogen-bond donors (Lipinski definition) is 1. The standard InChI is InChI=1S/C12H21NO5/c1-8(2)13(7-6-9(14)10(15)16)11(17)18-12(3,4)5/h8H,6-7H2,1-5H3,(H,15,16). The molecule has 0 aromatic rings. The maximum absolute atomic E-state index is 11.8. The second kappa shape index (κ2) is 6.37. The molecule has 0 aliphatic heterocycles. The van der Waals surface area contributed by atoms with Crippen LogP contribution in [0.2, 0.25) is 0 Å². The summed E-state index contributed by atoms with van der Waals surface area (Å²) in [5, 5.41) is 8.47. The smallest absolute Gasteiger partial charge is 0.410 e. The number of carboxylic acids is 1. The Bertz CT molecular complexity index is 330. The number of nitrogens with zero attached hydrogens (tertiary/aromatic N) is 1. The first-order chi connectivity index (χ1) is 8.04. The fourth-order valence-corrected chi connectivity index (χ4v) is 1.21. The van der Waals surface area contributed by atoms with Gasteiger partial charge in [0.1, 0.15) is 5.60 Å². The van der Waals surface area contributed by atoms with E-state index >= 15 is 0 Å². The van der Waals surface area contributed by atoms with Gasteiger partial charge < -0.3 is 14.7 Å². The minimum absolute atomic E-state index is 0.0394. The zero-order chi connectivity index (χ0) is 14.5. The fourth-order valence-electron chi connectivity index (χ4n) is 1.21. The molecular formula is C12H21NO5. The van der Waals surface area contributed by atoms with Gasteiger partial charge in [0.15, 0.2) is 0 Å². The van der Waals surface area contributed by atoms with Gasteiger partial charge in [0.05, 0.1) is 0 Å². The van der Waals surface area contributed by atoms with Gasteiger partial charge in [-0.25, -0.2) is 9.59 Å². The summed E-state index contributed by atoms with van der Waals surface area (Å²) in [5.74, 6) is -2.40. The fraction of sp³-hybridized carbons (Fsp3) is 0.750. The molecule has 0 saturated carbocycles. The molecule has 6 heteroatoms. The van der Waals surface area contributed by atoms with Crippen LogP contribution in [0, 0.1) is 0 Å². The zero-order valence-electron chi connectivity index (χ0n) is 11.5. The lowest BCUT2D eigenvalue weighted by Crippen LogP contribution is -2.42. The molecule has 0 aliphatic rings. The third kappa shape index (κ3) is 6.22. The van der Waals surface area contributed by atoms with Crippen LogP contribution in [0.15, 0.2) is 0 Å². The van der Waals surface area contributed by atoms with Crippen LogP contribution in [-0.4, -0.2) is 46.0 Å². The van der Waals surface area contributed by atoms with Crippen LogP contribution in [0.4, 0.5) is 4.79 Å². The van der Waals surface area contributed by atoms with E-state index in [9.17, 15) is 14.4 Å². The van der Waals surface area contributed by atoms with E-state index < -0.39 is 23.4 Å².